The molecule has 0 unspecified atom stereocenters. The first-order valence-corrected chi connectivity index (χ1v) is 19.1. The van der Waals surface area contributed by atoms with Crippen molar-refractivity contribution in [3.05, 3.63) is 87.7 Å². The maximum absolute atomic E-state index is 13.4. The largest absolute Gasteiger partial charge is 0.491 e. The number of hydrogen-bond acceptors (Lipinski definition) is 8. The molecule has 2 aliphatic rings. The fourth-order valence-corrected chi connectivity index (χ4v) is 9.41. The molecule has 12 heteroatoms. The number of carbonyl (C=O) groups is 1. The highest BCUT2D eigenvalue weighted by Gasteiger charge is 2.29. The normalized spacial score (nSPS) is 15.4. The molecule has 9 nitrogen and oxygen atoms in total. The van der Waals surface area contributed by atoms with Crippen molar-refractivity contribution in [2.45, 2.75) is 60.8 Å². The van der Waals surface area contributed by atoms with Gasteiger partial charge in [-0.3, -0.25) is 14.3 Å². The molecule has 0 radical (unpaired) electrons. The summed E-state index contributed by atoms with van der Waals surface area (Å²) in [6.45, 7) is 1.35. The Balaban J connectivity index is 1.27. The van der Waals surface area contributed by atoms with Crippen LogP contribution >= 0.6 is 35.1 Å². The molecule has 2 aromatic carbocycles. The van der Waals surface area contributed by atoms with Crippen LogP contribution in [0, 0.1) is 0 Å². The average Bonchev–Trinajstić information content (AvgIpc) is 3.75. The lowest BCUT2D eigenvalue weighted by Gasteiger charge is -2.16. The molecule has 6 aromatic rings. The molecule has 49 heavy (non-hydrogen) atoms. The van der Waals surface area contributed by atoms with Crippen molar-refractivity contribution in [1.29, 1.82) is 0 Å². The van der Waals surface area contributed by atoms with Crippen molar-refractivity contribution in [2.24, 2.45) is 14.1 Å². The molecule has 0 atom stereocenters. The van der Waals surface area contributed by atoms with Crippen molar-refractivity contribution >= 4 is 62.9 Å². The van der Waals surface area contributed by atoms with E-state index in [1.807, 2.05) is 53.3 Å². The van der Waals surface area contributed by atoms with Crippen molar-refractivity contribution in [3.63, 3.8) is 0 Å². The number of carbonyl (C=O) groups excluding carboxylic acids is 1. The second kappa shape index (κ2) is 13.4. The van der Waals surface area contributed by atoms with Crippen molar-refractivity contribution in [1.82, 2.24) is 29.1 Å². The van der Waals surface area contributed by atoms with E-state index in [9.17, 15) is 4.79 Å². The lowest BCUT2D eigenvalue weighted by Crippen LogP contribution is -2.12. The fourth-order valence-electron chi connectivity index (χ4n) is 7.33. The predicted molar refractivity (Wildman–Crippen MR) is 197 cm³/mol. The number of benzene rings is 2. The van der Waals surface area contributed by atoms with Gasteiger partial charge in [0.25, 0.3) is 0 Å². The first-order chi connectivity index (χ1) is 23.9. The van der Waals surface area contributed by atoms with Crippen LogP contribution in [0.15, 0.2) is 53.6 Å². The number of hydrogen-bond donors (Lipinski definition) is 0. The first kappa shape index (κ1) is 32.3. The lowest BCUT2D eigenvalue weighted by atomic mass is 9.95. The molecule has 0 spiro atoms. The standard InChI is InChI=1S/C37H37ClN6O3S2/c1-42-35-27-11-12-28(38)32(35)33-29(41-44-14-5-4-10-30(33)44)21-48-19-23-17-24(43(2)40-23)20-49-25-16-22-8-6-13-39-34(22)31(18-25)47-15-7-9-26(27)36(42)37(45)46-3/h6,8,11-13,16-18H,4-5,7,9-10,14-15,19-21H2,1-3H3. The van der Waals surface area contributed by atoms with Gasteiger partial charge in [-0.25, -0.2) is 4.79 Å². The van der Waals surface area contributed by atoms with Crippen LogP contribution in [0.3, 0.4) is 0 Å². The molecule has 2 aliphatic heterocycles. The molecule has 4 aromatic heterocycles. The Kier molecular flexibility index (Phi) is 8.84. The highest BCUT2D eigenvalue weighted by Crippen LogP contribution is 2.44. The minimum absolute atomic E-state index is 0.367. The molecule has 0 N–H and O–H groups in total. The Bertz CT molecular complexity index is 2240. The Morgan fingerprint density at radius 1 is 1.00 bits per heavy atom. The van der Waals surface area contributed by atoms with E-state index >= 15 is 0 Å². The highest BCUT2D eigenvalue weighted by molar-refractivity contribution is 7.98. The molecule has 252 valence electrons. The zero-order chi connectivity index (χ0) is 33.6. The number of rotatable bonds is 1. The zero-order valence-corrected chi connectivity index (χ0v) is 30.2. The van der Waals surface area contributed by atoms with E-state index < -0.39 is 0 Å². The third-order valence-corrected chi connectivity index (χ3v) is 11.9. The number of pyridine rings is 1. The van der Waals surface area contributed by atoms with Gasteiger partial charge in [-0.15, -0.1) is 23.5 Å². The van der Waals surface area contributed by atoms with Crippen LogP contribution in [0.2, 0.25) is 5.02 Å². The van der Waals surface area contributed by atoms with Gasteiger partial charge in [-0.1, -0.05) is 23.7 Å². The summed E-state index contributed by atoms with van der Waals surface area (Å²) in [5, 5.41) is 12.7. The third-order valence-electron chi connectivity index (χ3n) is 9.58. The average molecular weight is 713 g/mol. The maximum Gasteiger partial charge on any atom is 0.354 e. The number of fused-ring (bicyclic) bond motifs is 10. The van der Waals surface area contributed by atoms with Gasteiger partial charge in [0, 0.05) is 82.3 Å². The van der Waals surface area contributed by atoms with Crippen LogP contribution in [0.25, 0.3) is 32.9 Å². The molecule has 0 fully saturated rings. The van der Waals surface area contributed by atoms with E-state index in [0.29, 0.717) is 30.2 Å². The van der Waals surface area contributed by atoms with E-state index in [4.69, 9.17) is 31.3 Å². The molecular weight excluding hydrogens is 676 g/mol. The summed E-state index contributed by atoms with van der Waals surface area (Å²) in [6, 6.07) is 14.5. The minimum atomic E-state index is -0.367. The van der Waals surface area contributed by atoms with E-state index in [1.54, 1.807) is 18.0 Å². The number of esters is 1. The monoisotopic (exact) mass is 712 g/mol. The minimum Gasteiger partial charge on any atom is -0.491 e. The van der Waals surface area contributed by atoms with Crippen LogP contribution in [0.5, 0.6) is 5.75 Å². The van der Waals surface area contributed by atoms with E-state index in [2.05, 4.69) is 33.9 Å². The number of nitrogens with zero attached hydrogens (tertiary/aromatic N) is 6. The Labute approximate surface area is 298 Å². The Morgan fingerprint density at radius 2 is 1.90 bits per heavy atom. The molecule has 0 saturated carbocycles. The number of aromatic nitrogens is 6. The summed E-state index contributed by atoms with van der Waals surface area (Å²) in [7, 11) is 5.39. The second-order valence-electron chi connectivity index (χ2n) is 12.6. The van der Waals surface area contributed by atoms with Gasteiger partial charge < -0.3 is 14.0 Å². The summed E-state index contributed by atoms with van der Waals surface area (Å²) in [5.74, 6) is 2.65. The van der Waals surface area contributed by atoms with Gasteiger partial charge in [0.2, 0.25) is 0 Å². The van der Waals surface area contributed by atoms with E-state index in [-0.39, 0.29) is 5.97 Å². The molecule has 0 amide bonds. The van der Waals surface area contributed by atoms with Gasteiger partial charge in [-0.2, -0.15) is 10.2 Å². The van der Waals surface area contributed by atoms with Crippen LogP contribution in [-0.4, -0.2) is 48.8 Å². The number of methoxy groups -OCH3 is 1. The predicted octanol–water partition coefficient (Wildman–Crippen LogP) is 8.15. The van der Waals surface area contributed by atoms with Crippen molar-refractivity contribution < 1.29 is 14.3 Å². The smallest absolute Gasteiger partial charge is 0.354 e. The summed E-state index contributed by atoms with van der Waals surface area (Å²) in [5.41, 5.74) is 9.71. The highest BCUT2D eigenvalue weighted by atomic mass is 35.5. The maximum atomic E-state index is 13.4. The van der Waals surface area contributed by atoms with Crippen LogP contribution in [-0.2, 0) is 55.5 Å². The summed E-state index contributed by atoms with van der Waals surface area (Å²) < 4.78 is 17.9. The number of halogens is 1. The Hall–Kier alpha value is -3.93. The summed E-state index contributed by atoms with van der Waals surface area (Å²) in [6.07, 6.45) is 6.26. The molecule has 8 rings (SSSR count). The SMILES string of the molecule is COC(=O)c1c2c3ccc(Cl)c(c3n1C)-c1c(nn3c1CCCC3)CSCc1cc(n(C)n1)CSc1cc(c3ncccc3c1)OCCC2. The third kappa shape index (κ3) is 5.89. The molecular formula is C37H37ClN6O3S2. The van der Waals surface area contributed by atoms with E-state index in [0.717, 1.165) is 109 Å². The second-order valence-corrected chi connectivity index (χ2v) is 15.1. The Morgan fingerprint density at radius 3 is 2.78 bits per heavy atom. The molecule has 8 bridgehead atoms. The van der Waals surface area contributed by atoms with Crippen molar-refractivity contribution in [2.75, 3.05) is 13.7 Å². The number of thioether (sulfide) groups is 2. The summed E-state index contributed by atoms with van der Waals surface area (Å²) in [4.78, 5) is 19.2. The van der Waals surface area contributed by atoms with Crippen LogP contribution < -0.4 is 4.74 Å². The molecule has 0 saturated heterocycles. The quantitative estimate of drug-likeness (QED) is 0.158. The van der Waals surface area contributed by atoms with Crippen LogP contribution in [0.4, 0.5) is 0 Å². The van der Waals surface area contributed by atoms with Gasteiger partial charge in [0.1, 0.15) is 17.0 Å². The fraction of sp³-hybridized carbons (Fsp3) is 0.351. The number of ether oxygens (including phenoxy) is 2. The van der Waals surface area contributed by atoms with Crippen molar-refractivity contribution in [3.8, 4) is 16.9 Å². The number of aryl methyl sites for hydroxylation is 4. The van der Waals surface area contributed by atoms with Crippen LogP contribution in [0.1, 0.15) is 58.1 Å². The van der Waals surface area contributed by atoms with Gasteiger partial charge in [0.15, 0.2) is 0 Å². The summed E-state index contributed by atoms with van der Waals surface area (Å²) >= 11 is 10.7. The molecule has 6 heterocycles. The van der Waals surface area contributed by atoms with Gasteiger partial charge in [0.05, 0.1) is 35.6 Å². The topological polar surface area (TPSA) is 89.0 Å². The molecule has 0 aliphatic carbocycles. The van der Waals surface area contributed by atoms with Gasteiger partial charge >= 0.3 is 5.97 Å². The lowest BCUT2D eigenvalue weighted by molar-refractivity contribution is 0.0589. The van der Waals surface area contributed by atoms with E-state index in [1.165, 1.54) is 12.8 Å². The first-order valence-electron chi connectivity index (χ1n) is 16.6. The zero-order valence-electron chi connectivity index (χ0n) is 27.8. The van der Waals surface area contributed by atoms with Gasteiger partial charge in [-0.05, 0) is 68.0 Å².